The van der Waals surface area contributed by atoms with Gasteiger partial charge < -0.3 is 24.0 Å². The number of methoxy groups -OCH3 is 1. The summed E-state index contributed by atoms with van der Waals surface area (Å²) in [4.78, 5) is 33.5. The van der Waals surface area contributed by atoms with Gasteiger partial charge in [0.1, 0.15) is 24.2 Å². The molecule has 1 fully saturated rings. The summed E-state index contributed by atoms with van der Waals surface area (Å²) in [5, 5.41) is 10.6. The summed E-state index contributed by atoms with van der Waals surface area (Å²) < 4.78 is 13.8. The number of H-pyrrole nitrogens is 1. The van der Waals surface area contributed by atoms with Crippen LogP contribution in [0.5, 0.6) is 11.5 Å². The van der Waals surface area contributed by atoms with Crippen molar-refractivity contribution in [2.24, 2.45) is 7.05 Å². The Bertz CT molecular complexity index is 1140. The Morgan fingerprint density at radius 2 is 1.83 bits per heavy atom. The van der Waals surface area contributed by atoms with Crippen LogP contribution in [0.1, 0.15) is 12.8 Å². The Hall–Kier alpha value is -3.27. The first-order chi connectivity index (χ1) is 14.5. The van der Waals surface area contributed by atoms with Gasteiger partial charge in [-0.05, 0) is 37.1 Å². The highest BCUT2D eigenvalue weighted by Gasteiger charge is 2.25. The van der Waals surface area contributed by atoms with Gasteiger partial charge in [-0.3, -0.25) is 14.3 Å². The number of anilines is 1. The zero-order chi connectivity index (χ0) is 21.3. The third-order valence-corrected chi connectivity index (χ3v) is 5.27. The van der Waals surface area contributed by atoms with Gasteiger partial charge in [0.05, 0.1) is 13.7 Å². The van der Waals surface area contributed by atoms with Gasteiger partial charge in [0.25, 0.3) is 5.56 Å². The molecule has 0 bridgehead atoms. The molecule has 4 rings (SSSR count). The van der Waals surface area contributed by atoms with E-state index in [-0.39, 0.29) is 18.7 Å². The predicted molar refractivity (Wildman–Crippen MR) is 112 cm³/mol. The number of fused-ring (bicyclic) bond motifs is 1. The summed E-state index contributed by atoms with van der Waals surface area (Å²) in [6.07, 6.45) is 1.17. The van der Waals surface area contributed by atoms with Gasteiger partial charge in [0.15, 0.2) is 11.2 Å². The topological polar surface area (TPSA) is 115 Å². The first kappa shape index (κ1) is 20.0. The number of aliphatic hydroxyl groups is 1. The van der Waals surface area contributed by atoms with Crippen molar-refractivity contribution < 1.29 is 14.6 Å². The first-order valence-electron chi connectivity index (χ1n) is 9.87. The summed E-state index contributed by atoms with van der Waals surface area (Å²) in [5.41, 5.74) is -0.473. The molecule has 2 N–H and O–H groups in total. The fraction of sp³-hybridized carbons (Fsp3) is 0.450. The van der Waals surface area contributed by atoms with Crippen LogP contribution in [0.4, 0.5) is 5.95 Å². The van der Waals surface area contributed by atoms with Crippen LogP contribution in [0.2, 0.25) is 0 Å². The molecule has 0 aliphatic carbocycles. The SMILES string of the molecule is COc1ccc(OC[C@H](O)Cn2c(N3CCCC3)nc3c2c(=O)[nH]c(=O)n3C)cc1. The van der Waals surface area contributed by atoms with Gasteiger partial charge in [-0.1, -0.05) is 0 Å². The molecule has 10 nitrogen and oxygen atoms in total. The minimum atomic E-state index is -0.887. The van der Waals surface area contributed by atoms with Crippen molar-refractivity contribution in [3.8, 4) is 11.5 Å². The van der Waals surface area contributed by atoms with Crippen LogP contribution >= 0.6 is 0 Å². The number of imidazole rings is 1. The van der Waals surface area contributed by atoms with Gasteiger partial charge in [-0.25, -0.2) is 4.79 Å². The molecule has 1 aliphatic heterocycles. The zero-order valence-corrected chi connectivity index (χ0v) is 17.0. The number of aliphatic hydroxyl groups excluding tert-OH is 1. The summed E-state index contributed by atoms with van der Waals surface area (Å²) in [5.74, 6) is 1.90. The van der Waals surface area contributed by atoms with E-state index < -0.39 is 17.4 Å². The van der Waals surface area contributed by atoms with Gasteiger partial charge >= 0.3 is 5.69 Å². The van der Waals surface area contributed by atoms with E-state index in [9.17, 15) is 14.7 Å². The summed E-state index contributed by atoms with van der Waals surface area (Å²) >= 11 is 0. The molecule has 30 heavy (non-hydrogen) atoms. The lowest BCUT2D eigenvalue weighted by atomic mass is 10.3. The molecular weight excluding hydrogens is 390 g/mol. The molecule has 3 heterocycles. The first-order valence-corrected chi connectivity index (χ1v) is 9.87. The van der Waals surface area contributed by atoms with Crippen molar-refractivity contribution in [3.05, 3.63) is 45.1 Å². The van der Waals surface area contributed by atoms with Crippen molar-refractivity contribution in [1.82, 2.24) is 19.1 Å². The van der Waals surface area contributed by atoms with Crippen molar-refractivity contribution >= 4 is 17.1 Å². The Morgan fingerprint density at radius 1 is 1.17 bits per heavy atom. The number of hydrogen-bond acceptors (Lipinski definition) is 7. The number of nitrogens with one attached hydrogen (secondary N) is 1. The molecule has 10 heteroatoms. The van der Waals surface area contributed by atoms with Crippen LogP contribution in [-0.2, 0) is 13.6 Å². The maximum absolute atomic E-state index is 12.5. The highest BCUT2D eigenvalue weighted by molar-refractivity contribution is 5.74. The fourth-order valence-corrected chi connectivity index (χ4v) is 3.68. The number of hydrogen-bond donors (Lipinski definition) is 2. The number of aromatic amines is 1. The van der Waals surface area contributed by atoms with E-state index in [1.165, 1.54) is 4.57 Å². The van der Waals surface area contributed by atoms with Crippen LogP contribution in [0.25, 0.3) is 11.2 Å². The number of ether oxygens (including phenoxy) is 2. The van der Waals surface area contributed by atoms with Crippen LogP contribution in [0.15, 0.2) is 33.9 Å². The molecule has 160 valence electrons. The van der Waals surface area contributed by atoms with E-state index in [2.05, 4.69) is 14.9 Å². The zero-order valence-electron chi connectivity index (χ0n) is 17.0. The monoisotopic (exact) mass is 415 g/mol. The molecule has 0 unspecified atom stereocenters. The minimum Gasteiger partial charge on any atom is -0.497 e. The molecule has 0 saturated carbocycles. The van der Waals surface area contributed by atoms with Gasteiger partial charge in [-0.2, -0.15) is 4.98 Å². The molecular formula is C20H25N5O5. The maximum atomic E-state index is 12.5. The standard InChI is InChI=1S/C20H25N5O5/c1-23-17-16(18(27)22-20(23)28)25(19(21-17)24-9-3-4-10-24)11-13(26)12-30-15-7-5-14(29-2)6-8-15/h5-8,13,26H,3-4,9-12H2,1-2H3,(H,22,27,28)/t13-/m1/s1. The average molecular weight is 415 g/mol. The van der Waals surface area contributed by atoms with E-state index >= 15 is 0 Å². The Balaban J connectivity index is 1.61. The second-order valence-corrected chi connectivity index (χ2v) is 7.35. The van der Waals surface area contributed by atoms with E-state index in [1.54, 1.807) is 43.0 Å². The number of nitrogens with zero attached hydrogens (tertiary/aromatic N) is 4. The number of benzene rings is 1. The largest absolute Gasteiger partial charge is 0.497 e. The second kappa shape index (κ2) is 8.23. The normalized spacial score (nSPS) is 15.0. The quantitative estimate of drug-likeness (QED) is 0.577. The Labute approximate surface area is 172 Å². The number of aryl methyl sites for hydroxylation is 1. The smallest absolute Gasteiger partial charge is 0.329 e. The predicted octanol–water partition coefficient (Wildman–Crippen LogP) is 0.472. The van der Waals surface area contributed by atoms with E-state index in [0.717, 1.165) is 25.9 Å². The van der Waals surface area contributed by atoms with Crippen molar-refractivity contribution in [2.45, 2.75) is 25.5 Å². The highest BCUT2D eigenvalue weighted by atomic mass is 16.5. The van der Waals surface area contributed by atoms with Crippen molar-refractivity contribution in [3.63, 3.8) is 0 Å². The molecule has 1 saturated heterocycles. The van der Waals surface area contributed by atoms with Crippen LogP contribution in [-0.4, -0.2) is 57.1 Å². The van der Waals surface area contributed by atoms with E-state index in [1.807, 2.05) is 0 Å². The Morgan fingerprint density at radius 3 is 2.50 bits per heavy atom. The number of rotatable bonds is 7. The minimum absolute atomic E-state index is 0.0368. The molecule has 1 atom stereocenters. The molecule has 0 spiro atoms. The summed E-state index contributed by atoms with van der Waals surface area (Å²) in [6.45, 7) is 1.77. The summed E-state index contributed by atoms with van der Waals surface area (Å²) in [6, 6.07) is 7.07. The third kappa shape index (κ3) is 3.78. The van der Waals surface area contributed by atoms with Crippen molar-refractivity contribution in [2.75, 3.05) is 31.7 Å². The number of aromatic nitrogens is 4. The maximum Gasteiger partial charge on any atom is 0.329 e. The van der Waals surface area contributed by atoms with Gasteiger partial charge in [0, 0.05) is 20.1 Å². The third-order valence-electron chi connectivity index (χ3n) is 5.27. The Kier molecular flexibility index (Phi) is 5.49. The molecule has 1 aromatic carbocycles. The van der Waals surface area contributed by atoms with Crippen LogP contribution in [0.3, 0.4) is 0 Å². The van der Waals surface area contributed by atoms with Crippen molar-refractivity contribution in [1.29, 1.82) is 0 Å². The highest BCUT2D eigenvalue weighted by Crippen LogP contribution is 2.24. The van der Waals surface area contributed by atoms with Gasteiger partial charge in [-0.15, -0.1) is 0 Å². The fourth-order valence-electron chi connectivity index (χ4n) is 3.68. The van der Waals surface area contributed by atoms with E-state index in [0.29, 0.717) is 23.1 Å². The molecule has 3 aromatic rings. The second-order valence-electron chi connectivity index (χ2n) is 7.35. The lowest BCUT2D eigenvalue weighted by molar-refractivity contribution is 0.0936. The molecule has 0 amide bonds. The molecule has 2 aromatic heterocycles. The van der Waals surface area contributed by atoms with Crippen LogP contribution in [0, 0.1) is 0 Å². The molecule has 1 aliphatic rings. The van der Waals surface area contributed by atoms with Gasteiger partial charge in [0.2, 0.25) is 5.95 Å². The average Bonchev–Trinajstić information content (AvgIpc) is 3.39. The van der Waals surface area contributed by atoms with Crippen LogP contribution < -0.4 is 25.6 Å². The van der Waals surface area contributed by atoms with E-state index in [4.69, 9.17) is 9.47 Å². The summed E-state index contributed by atoms with van der Waals surface area (Å²) in [7, 11) is 3.15. The lowest BCUT2D eigenvalue weighted by Crippen LogP contribution is -2.31. The molecule has 0 radical (unpaired) electrons. The lowest BCUT2D eigenvalue weighted by Gasteiger charge is -2.20.